The molecule has 0 atom stereocenters. The van der Waals surface area contributed by atoms with Crippen molar-refractivity contribution < 1.29 is 4.79 Å². The monoisotopic (exact) mass is 223 g/mol. The molecule has 7 heteroatoms. The van der Waals surface area contributed by atoms with Crippen molar-refractivity contribution in [3.8, 4) is 0 Å². The summed E-state index contributed by atoms with van der Waals surface area (Å²) in [5.74, 6) is 0. The minimum absolute atomic E-state index is 0. The van der Waals surface area contributed by atoms with Gasteiger partial charge in [-0.25, -0.2) is 15.6 Å². The maximum Gasteiger partial charge on any atom is 0.349 e. The Balaban J connectivity index is 0.00000169. The summed E-state index contributed by atoms with van der Waals surface area (Å²) in [5, 5.41) is 4.56. The number of nitrogens with one attached hydrogen (secondary N) is 3. The number of piperazine rings is 1. The number of hydrazine groups is 2. The Labute approximate surface area is 90.3 Å². The van der Waals surface area contributed by atoms with E-state index in [2.05, 4.69) is 16.2 Å². The SMILES string of the molecule is CNN(NC)C(=O)N1CCNCC1.Cl. The van der Waals surface area contributed by atoms with Gasteiger partial charge in [0.25, 0.3) is 0 Å². The van der Waals surface area contributed by atoms with Crippen LogP contribution < -0.4 is 16.2 Å². The summed E-state index contributed by atoms with van der Waals surface area (Å²) < 4.78 is 0. The quantitative estimate of drug-likeness (QED) is 0.526. The van der Waals surface area contributed by atoms with Crippen LogP contribution in [0.4, 0.5) is 4.79 Å². The predicted octanol–water partition coefficient (Wildman–Crippen LogP) is -0.996. The van der Waals surface area contributed by atoms with Gasteiger partial charge in [0.05, 0.1) is 0 Å². The normalized spacial score (nSPS) is 16.0. The maximum absolute atomic E-state index is 11.7. The lowest BCUT2D eigenvalue weighted by Crippen LogP contribution is -2.57. The predicted molar refractivity (Wildman–Crippen MR) is 57.0 cm³/mol. The first kappa shape index (κ1) is 13.4. The van der Waals surface area contributed by atoms with Crippen molar-refractivity contribution in [1.29, 1.82) is 0 Å². The van der Waals surface area contributed by atoms with Gasteiger partial charge in [-0.05, 0) is 0 Å². The Morgan fingerprint density at radius 2 is 1.79 bits per heavy atom. The molecule has 0 aromatic carbocycles. The van der Waals surface area contributed by atoms with Gasteiger partial charge in [0.2, 0.25) is 0 Å². The van der Waals surface area contributed by atoms with E-state index in [9.17, 15) is 4.79 Å². The molecule has 0 spiro atoms. The van der Waals surface area contributed by atoms with E-state index in [4.69, 9.17) is 0 Å². The molecule has 0 bridgehead atoms. The number of hydrogen-bond donors (Lipinski definition) is 3. The fourth-order valence-corrected chi connectivity index (χ4v) is 1.30. The van der Waals surface area contributed by atoms with E-state index < -0.39 is 0 Å². The zero-order chi connectivity index (χ0) is 9.68. The summed E-state index contributed by atoms with van der Waals surface area (Å²) in [6, 6.07) is -0.0356. The molecule has 0 aliphatic carbocycles. The van der Waals surface area contributed by atoms with Crippen LogP contribution in [-0.4, -0.2) is 56.3 Å². The topological polar surface area (TPSA) is 59.6 Å². The van der Waals surface area contributed by atoms with Gasteiger partial charge >= 0.3 is 6.03 Å². The van der Waals surface area contributed by atoms with Crippen molar-refractivity contribution in [1.82, 2.24) is 26.2 Å². The maximum atomic E-state index is 11.7. The first-order valence-corrected chi connectivity index (χ1v) is 4.44. The first-order chi connectivity index (χ1) is 6.29. The van der Waals surface area contributed by atoms with E-state index in [1.807, 2.05) is 0 Å². The number of carbonyl (C=O) groups is 1. The number of amides is 2. The highest BCUT2D eigenvalue weighted by atomic mass is 35.5. The second kappa shape index (κ2) is 6.83. The van der Waals surface area contributed by atoms with Gasteiger partial charge in [0, 0.05) is 40.3 Å². The molecule has 0 aromatic rings. The Kier molecular flexibility index (Phi) is 6.56. The summed E-state index contributed by atoms with van der Waals surface area (Å²) in [4.78, 5) is 13.5. The third-order valence-electron chi connectivity index (χ3n) is 2.03. The molecule has 2 amide bonds. The highest BCUT2D eigenvalue weighted by Gasteiger charge is 2.20. The number of urea groups is 1. The van der Waals surface area contributed by atoms with Gasteiger partial charge in [0.1, 0.15) is 0 Å². The third-order valence-corrected chi connectivity index (χ3v) is 2.03. The molecule has 1 aliphatic rings. The van der Waals surface area contributed by atoms with Crippen LogP contribution in [0, 0.1) is 0 Å². The van der Waals surface area contributed by atoms with Gasteiger partial charge in [-0.15, -0.1) is 12.4 Å². The highest BCUT2D eigenvalue weighted by molar-refractivity contribution is 5.85. The first-order valence-electron chi connectivity index (χ1n) is 4.44. The van der Waals surface area contributed by atoms with Gasteiger partial charge in [0.15, 0.2) is 0 Å². The third kappa shape index (κ3) is 3.30. The average molecular weight is 224 g/mol. The Morgan fingerprint density at radius 3 is 2.21 bits per heavy atom. The molecule has 1 saturated heterocycles. The van der Waals surface area contributed by atoms with Crippen LogP contribution in [-0.2, 0) is 0 Å². The number of nitrogens with zero attached hydrogens (tertiary/aromatic N) is 2. The molecule has 1 heterocycles. The summed E-state index contributed by atoms with van der Waals surface area (Å²) >= 11 is 0. The molecule has 1 fully saturated rings. The molecule has 1 aliphatic heterocycles. The van der Waals surface area contributed by atoms with Gasteiger partial charge < -0.3 is 10.2 Å². The second-order valence-electron chi connectivity index (χ2n) is 2.80. The minimum Gasteiger partial charge on any atom is -0.320 e. The standard InChI is InChI=1S/C7H17N5O.ClH/c1-8-12(9-2)7(13)11-5-3-10-4-6-11;/h8-10H,3-6H2,1-2H3;1H. The molecule has 1 rings (SSSR count). The van der Waals surface area contributed by atoms with Crippen molar-refractivity contribution in [2.75, 3.05) is 40.3 Å². The van der Waals surface area contributed by atoms with Crippen molar-refractivity contribution >= 4 is 18.4 Å². The number of carbonyl (C=O) groups excluding carboxylic acids is 1. The lowest BCUT2D eigenvalue weighted by Gasteiger charge is -2.31. The molecule has 3 N–H and O–H groups in total. The van der Waals surface area contributed by atoms with Crippen LogP contribution in [0.25, 0.3) is 0 Å². The molecular weight excluding hydrogens is 206 g/mol. The largest absolute Gasteiger partial charge is 0.349 e. The van der Waals surface area contributed by atoms with Gasteiger partial charge in [-0.1, -0.05) is 0 Å². The second-order valence-corrected chi connectivity index (χ2v) is 2.80. The molecule has 6 nitrogen and oxygen atoms in total. The molecule has 14 heavy (non-hydrogen) atoms. The molecule has 0 aromatic heterocycles. The van der Waals surface area contributed by atoms with E-state index in [-0.39, 0.29) is 18.4 Å². The van der Waals surface area contributed by atoms with E-state index >= 15 is 0 Å². The molecule has 0 unspecified atom stereocenters. The van der Waals surface area contributed by atoms with E-state index in [1.165, 1.54) is 5.12 Å². The van der Waals surface area contributed by atoms with Crippen molar-refractivity contribution in [2.45, 2.75) is 0 Å². The van der Waals surface area contributed by atoms with Crippen LogP contribution in [0.5, 0.6) is 0 Å². The van der Waals surface area contributed by atoms with Gasteiger partial charge in [-0.2, -0.15) is 5.12 Å². The van der Waals surface area contributed by atoms with Crippen LogP contribution in [0.1, 0.15) is 0 Å². The lowest BCUT2D eigenvalue weighted by molar-refractivity contribution is 0.107. The fourth-order valence-electron chi connectivity index (χ4n) is 1.30. The lowest BCUT2D eigenvalue weighted by atomic mass is 10.4. The van der Waals surface area contributed by atoms with Crippen LogP contribution >= 0.6 is 12.4 Å². The van der Waals surface area contributed by atoms with Crippen molar-refractivity contribution in [3.05, 3.63) is 0 Å². The van der Waals surface area contributed by atoms with Crippen LogP contribution in [0.3, 0.4) is 0 Å². The summed E-state index contributed by atoms with van der Waals surface area (Å²) in [7, 11) is 3.41. The molecule has 84 valence electrons. The Bertz CT molecular complexity index is 169. The summed E-state index contributed by atoms with van der Waals surface area (Å²) in [5.41, 5.74) is 5.52. The van der Waals surface area contributed by atoms with E-state index in [0.29, 0.717) is 0 Å². The zero-order valence-corrected chi connectivity index (χ0v) is 9.36. The van der Waals surface area contributed by atoms with E-state index in [0.717, 1.165) is 26.2 Å². The molecule has 0 saturated carbocycles. The van der Waals surface area contributed by atoms with Gasteiger partial charge in [-0.3, -0.25) is 0 Å². The molecule has 0 radical (unpaired) electrons. The average Bonchev–Trinajstić information content (AvgIpc) is 2.21. The van der Waals surface area contributed by atoms with E-state index in [1.54, 1.807) is 19.0 Å². The molecular formula is C7H18ClN5O. The Hall–Kier alpha value is -0.560. The number of rotatable bonds is 2. The summed E-state index contributed by atoms with van der Waals surface area (Å²) in [6.07, 6.45) is 0. The fraction of sp³-hybridized carbons (Fsp3) is 0.857. The number of halogens is 1. The van der Waals surface area contributed by atoms with Crippen LogP contribution in [0.2, 0.25) is 0 Å². The highest BCUT2D eigenvalue weighted by Crippen LogP contribution is 1.95. The Morgan fingerprint density at radius 1 is 1.29 bits per heavy atom. The smallest absolute Gasteiger partial charge is 0.320 e. The zero-order valence-electron chi connectivity index (χ0n) is 8.54. The van der Waals surface area contributed by atoms with Crippen LogP contribution in [0.15, 0.2) is 0 Å². The van der Waals surface area contributed by atoms with Crippen molar-refractivity contribution in [3.63, 3.8) is 0 Å². The minimum atomic E-state index is -0.0356. The van der Waals surface area contributed by atoms with Crippen molar-refractivity contribution in [2.24, 2.45) is 0 Å². The summed E-state index contributed by atoms with van der Waals surface area (Å²) in [6.45, 7) is 3.26. The number of hydrogen-bond acceptors (Lipinski definition) is 4.